The standard InChI is InChI=1S/C14H21NO2Se/c1-10(2)15(11(3)4)14(16)18-13-8-6-12(17-5)7-9-13/h6-11H,1-5H3. The van der Waals surface area contributed by atoms with Crippen LogP contribution in [0.4, 0.5) is 4.79 Å². The SMILES string of the molecule is COc1ccc([Se]C(=O)N(C(C)C)C(C)C)cc1. The van der Waals surface area contributed by atoms with E-state index < -0.39 is 0 Å². The Hall–Kier alpha value is -0.991. The van der Waals surface area contributed by atoms with Gasteiger partial charge in [0.15, 0.2) is 0 Å². The number of benzene rings is 1. The number of methoxy groups -OCH3 is 1. The average Bonchev–Trinajstić information content (AvgIpc) is 2.28. The molecule has 1 aromatic rings. The van der Waals surface area contributed by atoms with E-state index >= 15 is 0 Å². The Morgan fingerprint density at radius 3 is 2.00 bits per heavy atom. The average molecular weight is 314 g/mol. The molecule has 0 aliphatic rings. The molecule has 0 aromatic heterocycles. The normalized spacial score (nSPS) is 10.8. The quantitative estimate of drug-likeness (QED) is 0.780. The minimum atomic E-state index is -0.166. The van der Waals surface area contributed by atoms with Crippen LogP contribution in [0.3, 0.4) is 0 Å². The van der Waals surface area contributed by atoms with Gasteiger partial charge in [-0.15, -0.1) is 0 Å². The molecule has 4 heteroatoms. The summed E-state index contributed by atoms with van der Waals surface area (Å²) in [5.41, 5.74) is 0. The van der Waals surface area contributed by atoms with E-state index in [4.69, 9.17) is 4.74 Å². The Labute approximate surface area is 116 Å². The van der Waals surface area contributed by atoms with E-state index in [1.165, 1.54) is 0 Å². The molecule has 0 aliphatic carbocycles. The third kappa shape index (κ3) is 4.04. The number of amides is 1. The second-order valence-corrected chi connectivity index (χ2v) is 6.79. The van der Waals surface area contributed by atoms with Crippen molar-refractivity contribution < 1.29 is 9.53 Å². The van der Waals surface area contributed by atoms with Gasteiger partial charge in [0.05, 0.1) is 0 Å². The molecule has 1 amide bonds. The first-order chi connectivity index (χ1) is 8.45. The molecule has 0 bridgehead atoms. The molecule has 0 spiro atoms. The second-order valence-electron chi connectivity index (χ2n) is 4.64. The van der Waals surface area contributed by atoms with Crippen LogP contribution in [0, 0.1) is 0 Å². The molecule has 0 heterocycles. The Bertz CT molecular complexity index is 379. The molecule has 100 valence electrons. The van der Waals surface area contributed by atoms with Crippen molar-refractivity contribution in [1.29, 1.82) is 0 Å². The van der Waals surface area contributed by atoms with Crippen LogP contribution in [0.2, 0.25) is 0 Å². The molecule has 18 heavy (non-hydrogen) atoms. The van der Waals surface area contributed by atoms with Gasteiger partial charge in [-0.25, -0.2) is 0 Å². The summed E-state index contributed by atoms with van der Waals surface area (Å²) < 4.78 is 6.19. The van der Waals surface area contributed by atoms with Gasteiger partial charge >= 0.3 is 116 Å². The number of hydrogen-bond donors (Lipinski definition) is 0. The van der Waals surface area contributed by atoms with Gasteiger partial charge in [0, 0.05) is 0 Å². The zero-order valence-corrected chi connectivity index (χ0v) is 13.3. The summed E-state index contributed by atoms with van der Waals surface area (Å²) in [5.74, 6) is 0.826. The third-order valence-corrected chi connectivity index (χ3v) is 4.46. The minimum absolute atomic E-state index is 0.166. The van der Waals surface area contributed by atoms with E-state index in [2.05, 4.69) is 27.7 Å². The number of ether oxygens (including phenoxy) is 1. The number of nitrogens with zero attached hydrogens (tertiary/aromatic N) is 1. The molecule has 0 fully saturated rings. The zero-order valence-electron chi connectivity index (χ0n) is 11.6. The molecule has 3 nitrogen and oxygen atoms in total. The first-order valence-corrected chi connectivity index (χ1v) is 7.81. The fourth-order valence-corrected chi connectivity index (χ4v) is 3.92. The molecular formula is C14H21NO2Se. The Morgan fingerprint density at radius 2 is 1.61 bits per heavy atom. The van der Waals surface area contributed by atoms with Gasteiger partial charge in [0.25, 0.3) is 0 Å². The predicted molar refractivity (Wildman–Crippen MR) is 75.9 cm³/mol. The van der Waals surface area contributed by atoms with Crippen LogP contribution in [0.15, 0.2) is 24.3 Å². The van der Waals surface area contributed by atoms with Crippen molar-refractivity contribution in [3.05, 3.63) is 24.3 Å². The summed E-state index contributed by atoms with van der Waals surface area (Å²) >= 11 is -0.166. The van der Waals surface area contributed by atoms with E-state index in [9.17, 15) is 4.79 Å². The van der Waals surface area contributed by atoms with Crippen molar-refractivity contribution in [3.8, 4) is 5.75 Å². The van der Waals surface area contributed by atoms with E-state index in [0.29, 0.717) is 0 Å². The number of carbonyl (C=O) groups is 1. The van der Waals surface area contributed by atoms with Gasteiger partial charge in [-0.1, -0.05) is 0 Å². The Kier molecular flexibility index (Phi) is 5.70. The van der Waals surface area contributed by atoms with Crippen LogP contribution in [-0.2, 0) is 0 Å². The summed E-state index contributed by atoms with van der Waals surface area (Å²) in [6.07, 6.45) is 0. The molecule has 0 radical (unpaired) electrons. The summed E-state index contributed by atoms with van der Waals surface area (Å²) in [6, 6.07) is 8.24. The number of carbonyl (C=O) groups excluding carboxylic acids is 1. The van der Waals surface area contributed by atoms with E-state index in [0.717, 1.165) is 10.2 Å². The molecule has 0 saturated carbocycles. The van der Waals surface area contributed by atoms with Gasteiger partial charge in [0.1, 0.15) is 0 Å². The summed E-state index contributed by atoms with van der Waals surface area (Å²) in [5, 5.41) is 0. The van der Waals surface area contributed by atoms with Crippen LogP contribution in [0.25, 0.3) is 0 Å². The maximum atomic E-state index is 12.3. The molecule has 0 N–H and O–H groups in total. The second kappa shape index (κ2) is 6.81. The molecule has 0 aliphatic heterocycles. The first kappa shape index (κ1) is 15.1. The Balaban J connectivity index is 2.73. The number of rotatable bonds is 5. The van der Waals surface area contributed by atoms with Crippen LogP contribution in [0.5, 0.6) is 5.75 Å². The maximum absolute atomic E-state index is 12.3. The third-order valence-electron chi connectivity index (χ3n) is 2.59. The molecule has 0 atom stereocenters. The summed E-state index contributed by atoms with van der Waals surface area (Å²) in [4.78, 5) is 14.5. The predicted octanol–water partition coefficient (Wildman–Crippen LogP) is 2.26. The van der Waals surface area contributed by atoms with E-state index in [1.807, 2.05) is 29.2 Å². The van der Waals surface area contributed by atoms with Gasteiger partial charge in [-0.05, 0) is 0 Å². The van der Waals surface area contributed by atoms with Crippen LogP contribution < -0.4 is 9.20 Å². The van der Waals surface area contributed by atoms with Crippen LogP contribution in [-0.4, -0.2) is 43.9 Å². The van der Waals surface area contributed by atoms with Gasteiger partial charge < -0.3 is 0 Å². The van der Waals surface area contributed by atoms with E-state index in [-0.39, 0.29) is 31.8 Å². The molecule has 0 unspecified atom stereocenters. The van der Waals surface area contributed by atoms with Crippen molar-refractivity contribution in [2.75, 3.05) is 7.11 Å². The zero-order chi connectivity index (χ0) is 13.7. The van der Waals surface area contributed by atoms with Crippen molar-refractivity contribution in [2.45, 2.75) is 39.8 Å². The van der Waals surface area contributed by atoms with Crippen LogP contribution in [0.1, 0.15) is 27.7 Å². The monoisotopic (exact) mass is 315 g/mol. The van der Waals surface area contributed by atoms with Crippen molar-refractivity contribution in [3.63, 3.8) is 0 Å². The van der Waals surface area contributed by atoms with Gasteiger partial charge in [0.2, 0.25) is 0 Å². The topological polar surface area (TPSA) is 29.5 Å². The van der Waals surface area contributed by atoms with Gasteiger partial charge in [-0.2, -0.15) is 0 Å². The number of hydrogen-bond acceptors (Lipinski definition) is 2. The fourth-order valence-electron chi connectivity index (χ4n) is 1.82. The van der Waals surface area contributed by atoms with Gasteiger partial charge in [-0.3, -0.25) is 0 Å². The van der Waals surface area contributed by atoms with Crippen molar-refractivity contribution in [2.24, 2.45) is 0 Å². The van der Waals surface area contributed by atoms with Crippen molar-refractivity contribution >= 4 is 24.2 Å². The Morgan fingerprint density at radius 1 is 1.11 bits per heavy atom. The summed E-state index contributed by atoms with van der Waals surface area (Å²) in [7, 11) is 1.64. The van der Waals surface area contributed by atoms with Crippen LogP contribution >= 0.6 is 0 Å². The van der Waals surface area contributed by atoms with Crippen molar-refractivity contribution in [1.82, 2.24) is 4.90 Å². The molecule has 1 aromatic carbocycles. The first-order valence-electron chi connectivity index (χ1n) is 6.10. The summed E-state index contributed by atoms with van der Waals surface area (Å²) in [6.45, 7) is 8.23. The molecule has 1 rings (SSSR count). The molecule has 0 saturated heterocycles. The van der Waals surface area contributed by atoms with E-state index in [1.54, 1.807) is 7.11 Å². The fraction of sp³-hybridized carbons (Fsp3) is 0.500. The molecular weight excluding hydrogens is 293 g/mol.